The number of rotatable bonds is 11. The molecular weight excluding hydrogens is 408 g/mol. The molecule has 1 saturated heterocycles. The van der Waals surface area contributed by atoms with Crippen molar-refractivity contribution in [2.45, 2.75) is 58.8 Å². The number of carbonyl (C=O) groups excluding carboxylic acids is 1. The lowest BCUT2D eigenvalue weighted by Crippen LogP contribution is -2.34. The number of carbonyl (C=O) groups is 1. The number of aryl methyl sites for hydroxylation is 1. The van der Waals surface area contributed by atoms with Gasteiger partial charge in [0, 0.05) is 37.7 Å². The Morgan fingerprint density at radius 3 is 2.75 bits per heavy atom. The van der Waals surface area contributed by atoms with E-state index in [0.29, 0.717) is 37.1 Å². The number of anilines is 1. The number of amides is 1. The van der Waals surface area contributed by atoms with Crippen LogP contribution in [-0.4, -0.2) is 54.0 Å². The Morgan fingerprint density at radius 2 is 2.09 bits per heavy atom. The second-order valence-corrected chi connectivity index (χ2v) is 8.82. The van der Waals surface area contributed by atoms with Crippen molar-refractivity contribution in [1.29, 1.82) is 0 Å². The van der Waals surface area contributed by atoms with E-state index < -0.39 is 0 Å². The summed E-state index contributed by atoms with van der Waals surface area (Å²) in [5.41, 5.74) is 1.53. The quantitative estimate of drug-likeness (QED) is 0.510. The third-order valence-electron chi connectivity index (χ3n) is 5.92. The molecule has 2 N–H and O–H groups in total. The molecule has 0 atom stereocenters. The van der Waals surface area contributed by atoms with E-state index in [1.165, 1.54) is 0 Å². The lowest BCUT2D eigenvalue weighted by Gasteiger charge is -2.30. The maximum Gasteiger partial charge on any atom is 0.324 e. The molecule has 0 aliphatic carbocycles. The summed E-state index contributed by atoms with van der Waals surface area (Å²) in [5, 5.41) is 15.7. The molecule has 2 aromatic rings. The van der Waals surface area contributed by atoms with E-state index in [2.05, 4.69) is 34.2 Å². The molecule has 1 amide bonds. The van der Waals surface area contributed by atoms with Crippen molar-refractivity contribution in [3.63, 3.8) is 0 Å². The minimum Gasteiger partial charge on any atom is -0.494 e. The zero-order chi connectivity index (χ0) is 22.9. The molecule has 32 heavy (non-hydrogen) atoms. The average Bonchev–Trinajstić information content (AvgIpc) is 3.28. The van der Waals surface area contributed by atoms with Crippen LogP contribution in [0.15, 0.2) is 22.7 Å². The Balaban J connectivity index is 1.36. The van der Waals surface area contributed by atoms with E-state index >= 15 is 0 Å². The van der Waals surface area contributed by atoms with Gasteiger partial charge in [-0.2, -0.15) is 4.98 Å². The molecule has 1 aliphatic rings. The molecule has 0 unspecified atom stereocenters. The van der Waals surface area contributed by atoms with Crippen molar-refractivity contribution in [1.82, 2.24) is 15.5 Å². The summed E-state index contributed by atoms with van der Waals surface area (Å²) in [6.07, 6.45) is 4.95. The summed E-state index contributed by atoms with van der Waals surface area (Å²) in [6, 6.07) is 6.21. The lowest BCUT2D eigenvalue weighted by atomic mass is 9.92. The number of aromatic nitrogens is 2. The van der Waals surface area contributed by atoms with Crippen LogP contribution >= 0.6 is 0 Å². The molecule has 1 aromatic heterocycles. The predicted molar refractivity (Wildman–Crippen MR) is 123 cm³/mol. The van der Waals surface area contributed by atoms with Crippen molar-refractivity contribution in [2.24, 2.45) is 5.92 Å². The van der Waals surface area contributed by atoms with Gasteiger partial charge < -0.3 is 24.6 Å². The third kappa shape index (κ3) is 6.69. The molecule has 176 valence electrons. The molecule has 3 rings (SSSR count). The summed E-state index contributed by atoms with van der Waals surface area (Å²) >= 11 is 0. The monoisotopic (exact) mass is 444 g/mol. The van der Waals surface area contributed by atoms with Crippen LogP contribution in [0.5, 0.6) is 5.75 Å². The van der Waals surface area contributed by atoms with Crippen LogP contribution in [0.2, 0.25) is 0 Å². The van der Waals surface area contributed by atoms with Gasteiger partial charge in [-0.25, -0.2) is 0 Å². The van der Waals surface area contributed by atoms with Crippen molar-refractivity contribution < 1.29 is 19.2 Å². The summed E-state index contributed by atoms with van der Waals surface area (Å²) in [6.45, 7) is 9.16. The first kappa shape index (κ1) is 24.0. The molecule has 8 nitrogen and oxygen atoms in total. The molecule has 1 aromatic carbocycles. The first-order chi connectivity index (χ1) is 15.5. The SMILES string of the molecule is Cc1cc(OCCCC2CCN(c3nc(C(C)C)no3)CC2)ccc1C(=O)NCCCO. The zero-order valence-corrected chi connectivity index (χ0v) is 19.5. The van der Waals surface area contributed by atoms with Gasteiger partial charge in [-0.15, -0.1) is 0 Å². The van der Waals surface area contributed by atoms with Gasteiger partial charge >= 0.3 is 6.01 Å². The van der Waals surface area contributed by atoms with Gasteiger partial charge in [-0.3, -0.25) is 4.79 Å². The van der Waals surface area contributed by atoms with Gasteiger partial charge in [-0.1, -0.05) is 19.0 Å². The maximum atomic E-state index is 12.2. The number of nitrogens with one attached hydrogen (secondary N) is 1. The van der Waals surface area contributed by atoms with Crippen LogP contribution < -0.4 is 15.0 Å². The van der Waals surface area contributed by atoms with E-state index in [0.717, 1.165) is 55.9 Å². The van der Waals surface area contributed by atoms with Gasteiger partial charge in [-0.05, 0) is 68.7 Å². The number of piperidine rings is 1. The molecule has 8 heteroatoms. The lowest BCUT2D eigenvalue weighted by molar-refractivity contribution is 0.0950. The van der Waals surface area contributed by atoms with Crippen LogP contribution in [-0.2, 0) is 0 Å². The van der Waals surface area contributed by atoms with Crippen molar-refractivity contribution in [3.8, 4) is 5.75 Å². The molecule has 1 fully saturated rings. The molecule has 1 aliphatic heterocycles. The van der Waals surface area contributed by atoms with Crippen LogP contribution in [0.3, 0.4) is 0 Å². The van der Waals surface area contributed by atoms with Crippen molar-refractivity contribution in [3.05, 3.63) is 35.2 Å². The Hall–Kier alpha value is -2.61. The average molecular weight is 445 g/mol. The molecule has 0 spiro atoms. The third-order valence-corrected chi connectivity index (χ3v) is 5.92. The summed E-state index contributed by atoms with van der Waals surface area (Å²) in [7, 11) is 0. The van der Waals surface area contributed by atoms with Crippen LogP contribution in [0.4, 0.5) is 6.01 Å². The Bertz CT molecular complexity index is 859. The number of benzene rings is 1. The van der Waals surface area contributed by atoms with Gasteiger partial charge in [0.15, 0.2) is 5.82 Å². The summed E-state index contributed by atoms with van der Waals surface area (Å²) in [5.74, 6) is 2.41. The molecular formula is C24H36N4O4. The molecule has 0 radical (unpaired) electrons. The first-order valence-corrected chi connectivity index (χ1v) is 11.7. The fourth-order valence-corrected chi connectivity index (χ4v) is 3.92. The highest BCUT2D eigenvalue weighted by atomic mass is 16.5. The fraction of sp³-hybridized carbons (Fsp3) is 0.625. The highest BCUT2D eigenvalue weighted by Crippen LogP contribution is 2.26. The van der Waals surface area contributed by atoms with Gasteiger partial charge in [0.1, 0.15) is 5.75 Å². The molecule has 0 saturated carbocycles. The number of ether oxygens (including phenoxy) is 1. The topological polar surface area (TPSA) is 101 Å². The fourth-order valence-electron chi connectivity index (χ4n) is 3.92. The number of hydrogen-bond donors (Lipinski definition) is 2. The van der Waals surface area contributed by atoms with Crippen molar-refractivity contribution >= 4 is 11.9 Å². The number of aliphatic hydroxyl groups is 1. The van der Waals surface area contributed by atoms with Gasteiger partial charge in [0.2, 0.25) is 0 Å². The maximum absolute atomic E-state index is 12.2. The summed E-state index contributed by atoms with van der Waals surface area (Å²) < 4.78 is 11.3. The highest BCUT2D eigenvalue weighted by molar-refractivity contribution is 5.95. The largest absolute Gasteiger partial charge is 0.494 e. The zero-order valence-electron chi connectivity index (χ0n) is 19.5. The Labute approximate surface area is 190 Å². The second kappa shape index (κ2) is 11.9. The van der Waals surface area contributed by atoms with Gasteiger partial charge in [0.25, 0.3) is 5.91 Å². The Morgan fingerprint density at radius 1 is 1.31 bits per heavy atom. The van der Waals surface area contributed by atoms with E-state index in [-0.39, 0.29) is 18.4 Å². The van der Waals surface area contributed by atoms with Gasteiger partial charge in [0.05, 0.1) is 6.61 Å². The van der Waals surface area contributed by atoms with Crippen LogP contribution in [0.25, 0.3) is 0 Å². The first-order valence-electron chi connectivity index (χ1n) is 11.7. The minimum atomic E-state index is -0.116. The highest BCUT2D eigenvalue weighted by Gasteiger charge is 2.23. The Kier molecular flexibility index (Phi) is 8.90. The van der Waals surface area contributed by atoms with Crippen molar-refractivity contribution in [2.75, 3.05) is 37.7 Å². The van der Waals surface area contributed by atoms with E-state index in [1.54, 1.807) is 6.07 Å². The minimum absolute atomic E-state index is 0.0724. The predicted octanol–water partition coefficient (Wildman–Crippen LogP) is 3.69. The summed E-state index contributed by atoms with van der Waals surface area (Å²) in [4.78, 5) is 18.9. The molecule has 2 heterocycles. The second-order valence-electron chi connectivity index (χ2n) is 8.82. The van der Waals surface area contributed by atoms with E-state index in [4.69, 9.17) is 14.4 Å². The van der Waals surface area contributed by atoms with E-state index in [1.807, 2.05) is 19.1 Å². The van der Waals surface area contributed by atoms with Crippen LogP contribution in [0.1, 0.15) is 73.6 Å². The smallest absolute Gasteiger partial charge is 0.324 e. The van der Waals surface area contributed by atoms with Crippen LogP contribution in [0, 0.1) is 12.8 Å². The van der Waals surface area contributed by atoms with E-state index in [9.17, 15) is 4.79 Å². The standard InChI is InChI=1S/C24H36N4O4/c1-17(2)22-26-24(32-27-22)28-12-9-19(10-13-28)6-4-15-31-20-7-8-21(18(3)16-20)23(30)25-11-5-14-29/h7-8,16-17,19,29H,4-6,9-15H2,1-3H3,(H,25,30). The number of nitrogens with zero attached hydrogens (tertiary/aromatic N) is 3. The number of hydrogen-bond acceptors (Lipinski definition) is 7. The normalized spacial score (nSPS) is 14.7. The number of aliphatic hydroxyl groups excluding tert-OH is 1. The molecule has 0 bridgehead atoms.